The van der Waals surface area contributed by atoms with Crippen LogP contribution in [0, 0.1) is 18.8 Å². The molecule has 0 unspecified atom stereocenters. The number of pyridine rings is 1. The van der Waals surface area contributed by atoms with Crippen molar-refractivity contribution in [3.8, 4) is 0 Å². The van der Waals surface area contributed by atoms with Crippen LogP contribution < -0.4 is 5.32 Å². The van der Waals surface area contributed by atoms with Crippen molar-refractivity contribution < 1.29 is 27.9 Å². The van der Waals surface area contributed by atoms with E-state index in [-0.39, 0.29) is 6.54 Å². The largest absolute Gasteiger partial charge is 0.481 e. The van der Waals surface area contributed by atoms with E-state index in [1.165, 1.54) is 0 Å². The second-order valence-corrected chi connectivity index (χ2v) is 6.36. The molecule has 1 saturated heterocycles. The first-order valence-corrected chi connectivity index (χ1v) is 7.91. The summed E-state index contributed by atoms with van der Waals surface area (Å²) in [5, 5.41) is 11.5. The van der Waals surface area contributed by atoms with Crippen molar-refractivity contribution >= 4 is 17.6 Å². The van der Waals surface area contributed by atoms with Gasteiger partial charge in [-0.05, 0) is 24.6 Å². The van der Waals surface area contributed by atoms with E-state index in [1.54, 1.807) is 10.6 Å². The number of aromatic nitrogens is 2. The summed E-state index contributed by atoms with van der Waals surface area (Å²) >= 11 is 0. The Balaban J connectivity index is 1.65. The van der Waals surface area contributed by atoms with Gasteiger partial charge in [-0.1, -0.05) is 0 Å². The zero-order valence-electron chi connectivity index (χ0n) is 13.8. The molecule has 26 heavy (non-hydrogen) atoms. The molecule has 3 heterocycles. The number of carbonyl (C=O) groups excluding carboxylic acids is 1. The third-order valence-electron chi connectivity index (χ3n) is 4.43. The molecule has 3 rings (SSSR count). The number of hydrogen-bond donors (Lipinski definition) is 2. The van der Waals surface area contributed by atoms with Gasteiger partial charge in [-0.2, -0.15) is 13.2 Å². The Bertz CT molecular complexity index is 849. The predicted octanol–water partition coefficient (Wildman–Crippen LogP) is 2.05. The topological polar surface area (TPSA) is 86.9 Å². The number of carboxylic acids is 1. The molecule has 0 radical (unpaired) electrons. The van der Waals surface area contributed by atoms with Gasteiger partial charge in [0.1, 0.15) is 5.65 Å². The van der Waals surface area contributed by atoms with Gasteiger partial charge in [-0.25, -0.2) is 9.78 Å². The molecule has 0 spiro atoms. The summed E-state index contributed by atoms with van der Waals surface area (Å²) in [5.41, 5.74) is 2.26. The summed E-state index contributed by atoms with van der Waals surface area (Å²) in [5.74, 6) is -5.28. The zero-order chi connectivity index (χ0) is 19.1. The van der Waals surface area contributed by atoms with Crippen LogP contribution in [0.15, 0.2) is 24.5 Å². The first kappa shape index (κ1) is 18.0. The van der Waals surface area contributed by atoms with E-state index in [0.717, 1.165) is 10.5 Å². The van der Waals surface area contributed by atoms with Crippen molar-refractivity contribution in [2.24, 2.45) is 11.8 Å². The van der Waals surface area contributed by atoms with Crippen molar-refractivity contribution in [2.45, 2.75) is 19.6 Å². The average molecular weight is 370 g/mol. The second kappa shape index (κ2) is 6.50. The van der Waals surface area contributed by atoms with Crippen LogP contribution in [-0.4, -0.2) is 50.7 Å². The van der Waals surface area contributed by atoms with Crippen molar-refractivity contribution in [2.75, 3.05) is 13.1 Å². The minimum atomic E-state index is -4.67. The molecule has 0 aromatic carbocycles. The van der Waals surface area contributed by atoms with E-state index >= 15 is 0 Å². The van der Waals surface area contributed by atoms with Gasteiger partial charge in [0.25, 0.3) is 0 Å². The molecule has 1 fully saturated rings. The van der Waals surface area contributed by atoms with Crippen LogP contribution >= 0.6 is 0 Å². The van der Waals surface area contributed by atoms with Crippen LogP contribution in [0.3, 0.4) is 0 Å². The normalized spacial score (nSPS) is 20.5. The summed E-state index contributed by atoms with van der Waals surface area (Å²) in [6.45, 7) is 0.802. The quantitative estimate of drug-likeness (QED) is 0.866. The van der Waals surface area contributed by atoms with E-state index in [0.29, 0.717) is 11.3 Å². The predicted molar refractivity (Wildman–Crippen MR) is 84.4 cm³/mol. The van der Waals surface area contributed by atoms with E-state index in [9.17, 15) is 22.8 Å². The molecule has 2 aromatic rings. The van der Waals surface area contributed by atoms with E-state index in [1.807, 2.05) is 25.3 Å². The molecule has 1 aliphatic rings. The third kappa shape index (κ3) is 3.58. The van der Waals surface area contributed by atoms with Crippen LogP contribution in [0.2, 0.25) is 0 Å². The number of fused-ring (bicyclic) bond motifs is 1. The molecular formula is C16H17F3N4O3. The first-order chi connectivity index (χ1) is 12.1. The third-order valence-corrected chi connectivity index (χ3v) is 4.43. The van der Waals surface area contributed by atoms with Crippen molar-refractivity contribution in [3.05, 3.63) is 35.8 Å². The molecule has 1 aliphatic heterocycles. The highest BCUT2D eigenvalue weighted by molar-refractivity contribution is 5.77. The maximum atomic E-state index is 13.0. The van der Waals surface area contributed by atoms with Crippen molar-refractivity contribution in [1.29, 1.82) is 0 Å². The highest BCUT2D eigenvalue weighted by Crippen LogP contribution is 2.37. The Labute approximate surface area is 146 Å². The zero-order valence-corrected chi connectivity index (χ0v) is 13.8. The lowest BCUT2D eigenvalue weighted by Gasteiger charge is -2.18. The number of aryl methyl sites for hydroxylation is 1. The number of aliphatic carboxylic acids is 1. The number of rotatable bonds is 3. The van der Waals surface area contributed by atoms with Crippen LogP contribution in [0.4, 0.5) is 18.0 Å². The molecule has 2 atom stereocenters. The molecule has 0 bridgehead atoms. The highest BCUT2D eigenvalue weighted by Gasteiger charge is 2.53. The van der Waals surface area contributed by atoms with Gasteiger partial charge < -0.3 is 19.7 Å². The van der Waals surface area contributed by atoms with Gasteiger partial charge in [0.05, 0.1) is 24.1 Å². The number of carboxylic acid groups (broad SMARTS) is 1. The Morgan fingerprint density at radius 2 is 2.12 bits per heavy atom. The fraction of sp³-hybridized carbons (Fsp3) is 0.438. The Kier molecular flexibility index (Phi) is 4.51. The summed E-state index contributed by atoms with van der Waals surface area (Å²) in [6.07, 6.45) is -1.15. The van der Waals surface area contributed by atoms with Crippen molar-refractivity contribution in [3.63, 3.8) is 0 Å². The second-order valence-electron chi connectivity index (χ2n) is 6.36. The van der Waals surface area contributed by atoms with Gasteiger partial charge in [0.15, 0.2) is 0 Å². The SMILES string of the molecule is Cc1ccn2cc(CNC(=O)N3C[C@@H](C(F)(F)F)[C@H](C(=O)O)C3)nc2c1. The maximum Gasteiger partial charge on any atom is 0.394 e. The number of amides is 2. The van der Waals surface area contributed by atoms with Gasteiger partial charge in [0, 0.05) is 25.5 Å². The van der Waals surface area contributed by atoms with Crippen LogP contribution in [0.1, 0.15) is 11.3 Å². The van der Waals surface area contributed by atoms with E-state index in [2.05, 4.69) is 10.3 Å². The minimum absolute atomic E-state index is 0.0322. The molecule has 2 amide bonds. The molecule has 0 saturated carbocycles. The number of halogens is 3. The van der Waals surface area contributed by atoms with Crippen LogP contribution in [-0.2, 0) is 11.3 Å². The van der Waals surface area contributed by atoms with E-state index in [4.69, 9.17) is 5.11 Å². The van der Waals surface area contributed by atoms with Gasteiger partial charge in [-0.15, -0.1) is 0 Å². The minimum Gasteiger partial charge on any atom is -0.481 e. The Morgan fingerprint density at radius 1 is 1.38 bits per heavy atom. The first-order valence-electron chi connectivity index (χ1n) is 7.91. The molecule has 140 valence electrons. The van der Waals surface area contributed by atoms with Gasteiger partial charge in [-0.3, -0.25) is 4.79 Å². The number of nitrogens with one attached hydrogen (secondary N) is 1. The number of imidazole rings is 1. The molecular weight excluding hydrogens is 353 g/mol. The summed E-state index contributed by atoms with van der Waals surface area (Å²) in [6, 6.07) is 3.01. The maximum absolute atomic E-state index is 13.0. The molecule has 10 heteroatoms. The Morgan fingerprint density at radius 3 is 2.73 bits per heavy atom. The van der Waals surface area contributed by atoms with Crippen molar-refractivity contribution in [1.82, 2.24) is 19.6 Å². The number of hydrogen-bond acceptors (Lipinski definition) is 3. The van der Waals surface area contributed by atoms with Crippen LogP contribution in [0.5, 0.6) is 0 Å². The molecule has 0 aliphatic carbocycles. The monoisotopic (exact) mass is 370 g/mol. The number of likely N-dealkylation sites (tertiary alicyclic amines) is 1. The smallest absolute Gasteiger partial charge is 0.394 e. The Hall–Kier alpha value is -2.78. The number of alkyl halides is 3. The van der Waals surface area contributed by atoms with Crippen LogP contribution in [0.25, 0.3) is 5.65 Å². The molecule has 2 N–H and O–H groups in total. The summed E-state index contributed by atoms with van der Waals surface area (Å²) < 4.78 is 40.7. The molecule has 2 aromatic heterocycles. The summed E-state index contributed by atoms with van der Waals surface area (Å²) in [4.78, 5) is 28.4. The summed E-state index contributed by atoms with van der Waals surface area (Å²) in [7, 11) is 0. The molecule has 7 nitrogen and oxygen atoms in total. The lowest BCUT2D eigenvalue weighted by molar-refractivity contribution is -0.187. The number of carbonyl (C=O) groups is 2. The highest BCUT2D eigenvalue weighted by atomic mass is 19.4. The lowest BCUT2D eigenvalue weighted by atomic mass is 9.96. The average Bonchev–Trinajstić information content (AvgIpc) is 3.15. The number of urea groups is 1. The lowest BCUT2D eigenvalue weighted by Crippen LogP contribution is -2.39. The van der Waals surface area contributed by atoms with Gasteiger partial charge >= 0.3 is 18.2 Å². The van der Waals surface area contributed by atoms with Gasteiger partial charge in [0.2, 0.25) is 0 Å². The fourth-order valence-electron chi connectivity index (χ4n) is 3.05. The van der Waals surface area contributed by atoms with E-state index < -0.39 is 43.1 Å². The standard InChI is InChI=1S/C16H17F3N4O3/c1-9-2-3-22-6-10(21-13(22)4-9)5-20-15(26)23-7-11(14(24)25)12(8-23)16(17,18)19/h2-4,6,11-12H,5,7-8H2,1H3,(H,20,26)(H,24,25)/t11-,12-/m1/s1. The fourth-order valence-corrected chi connectivity index (χ4v) is 3.05. The number of nitrogens with zero attached hydrogens (tertiary/aromatic N) is 3.